The van der Waals surface area contributed by atoms with Crippen molar-refractivity contribution >= 4 is 11.4 Å². The number of benzene rings is 2. The fraction of sp³-hybridized carbons (Fsp3) is 0.200. The molecule has 3 nitrogen and oxygen atoms in total. The average molecular weight is 296 g/mol. The van der Waals surface area contributed by atoms with Gasteiger partial charge in [0, 0.05) is 13.6 Å². The molecular weight excluding hydrogens is 281 g/mol. The molecule has 0 fully saturated rings. The van der Waals surface area contributed by atoms with Gasteiger partial charge in [-0.05, 0) is 29.8 Å². The molecule has 0 bridgehead atoms. The molecule has 21 heavy (non-hydrogen) atoms. The molecule has 0 amide bonds. The fourth-order valence-electron chi connectivity index (χ4n) is 1.99. The first kappa shape index (κ1) is 15.0. The molecule has 0 saturated carbocycles. The lowest BCUT2D eigenvalue weighted by Crippen LogP contribution is -2.18. The summed E-state index contributed by atoms with van der Waals surface area (Å²) in [5, 5.41) is 0. The van der Waals surface area contributed by atoms with Crippen molar-refractivity contribution in [2.24, 2.45) is 0 Å². The third-order valence-corrected chi connectivity index (χ3v) is 2.92. The SMILES string of the molecule is CN(Cc1ccc(OC(F)(F)F)cc1)c1ccccc1N. The second-order valence-corrected chi connectivity index (χ2v) is 4.61. The number of hydrogen-bond acceptors (Lipinski definition) is 3. The van der Waals surface area contributed by atoms with Crippen LogP contribution in [-0.2, 0) is 6.54 Å². The summed E-state index contributed by atoms with van der Waals surface area (Å²) in [5.41, 5.74) is 8.26. The zero-order valence-electron chi connectivity index (χ0n) is 11.4. The Bertz CT molecular complexity index is 597. The van der Waals surface area contributed by atoms with Crippen molar-refractivity contribution in [1.82, 2.24) is 0 Å². The summed E-state index contributed by atoms with van der Waals surface area (Å²) >= 11 is 0. The maximum absolute atomic E-state index is 12.1. The second-order valence-electron chi connectivity index (χ2n) is 4.61. The van der Waals surface area contributed by atoms with E-state index in [0.717, 1.165) is 11.3 Å². The van der Waals surface area contributed by atoms with Crippen LogP contribution in [0, 0.1) is 0 Å². The summed E-state index contributed by atoms with van der Waals surface area (Å²) in [7, 11) is 1.87. The zero-order chi connectivity index (χ0) is 15.5. The van der Waals surface area contributed by atoms with Gasteiger partial charge in [-0.2, -0.15) is 0 Å². The van der Waals surface area contributed by atoms with Crippen molar-refractivity contribution < 1.29 is 17.9 Å². The van der Waals surface area contributed by atoms with E-state index in [1.54, 1.807) is 18.2 Å². The number of ether oxygens (including phenoxy) is 1. The first-order valence-corrected chi connectivity index (χ1v) is 6.25. The highest BCUT2D eigenvalue weighted by molar-refractivity contribution is 5.66. The van der Waals surface area contributed by atoms with Crippen LogP contribution in [-0.4, -0.2) is 13.4 Å². The van der Waals surface area contributed by atoms with E-state index >= 15 is 0 Å². The van der Waals surface area contributed by atoms with Gasteiger partial charge in [0.2, 0.25) is 0 Å². The van der Waals surface area contributed by atoms with Gasteiger partial charge in [0.1, 0.15) is 5.75 Å². The van der Waals surface area contributed by atoms with Gasteiger partial charge in [0.25, 0.3) is 0 Å². The maximum Gasteiger partial charge on any atom is 0.573 e. The first-order valence-electron chi connectivity index (χ1n) is 6.25. The van der Waals surface area contributed by atoms with E-state index in [9.17, 15) is 13.2 Å². The number of alkyl halides is 3. The molecule has 2 aromatic carbocycles. The predicted molar refractivity (Wildman–Crippen MR) is 76.1 cm³/mol. The molecule has 0 spiro atoms. The van der Waals surface area contributed by atoms with E-state index in [0.29, 0.717) is 12.2 Å². The molecule has 0 radical (unpaired) electrons. The summed E-state index contributed by atoms with van der Waals surface area (Å²) in [6.45, 7) is 0.528. The first-order chi connectivity index (χ1) is 9.85. The standard InChI is InChI=1S/C15H15F3N2O/c1-20(14-5-3-2-4-13(14)19)10-11-6-8-12(9-7-11)21-15(16,17)18/h2-9H,10,19H2,1H3. The minimum Gasteiger partial charge on any atom is -0.406 e. The van der Waals surface area contributed by atoms with E-state index < -0.39 is 6.36 Å². The lowest BCUT2D eigenvalue weighted by molar-refractivity contribution is -0.274. The van der Waals surface area contributed by atoms with E-state index in [-0.39, 0.29) is 5.75 Å². The Kier molecular flexibility index (Phi) is 4.26. The molecule has 112 valence electrons. The van der Waals surface area contributed by atoms with Crippen molar-refractivity contribution in [1.29, 1.82) is 0 Å². The smallest absolute Gasteiger partial charge is 0.406 e. The Balaban J connectivity index is 2.05. The Morgan fingerprint density at radius 3 is 2.24 bits per heavy atom. The third kappa shape index (κ3) is 4.30. The molecular formula is C15H15F3N2O. The Morgan fingerprint density at radius 2 is 1.67 bits per heavy atom. The summed E-state index contributed by atoms with van der Waals surface area (Å²) in [4.78, 5) is 1.93. The minimum absolute atomic E-state index is 0.229. The Morgan fingerprint density at radius 1 is 1.05 bits per heavy atom. The predicted octanol–water partition coefficient (Wildman–Crippen LogP) is 3.80. The number of halogens is 3. The van der Waals surface area contributed by atoms with E-state index in [2.05, 4.69) is 4.74 Å². The molecule has 2 aromatic rings. The highest BCUT2D eigenvalue weighted by Gasteiger charge is 2.30. The summed E-state index contributed by atoms with van der Waals surface area (Å²) in [5.74, 6) is -0.229. The number of hydrogen-bond donors (Lipinski definition) is 1. The second kappa shape index (κ2) is 5.95. The van der Waals surface area contributed by atoms with Crippen LogP contribution in [0.1, 0.15) is 5.56 Å². The normalized spacial score (nSPS) is 11.2. The van der Waals surface area contributed by atoms with Crippen LogP contribution in [0.2, 0.25) is 0 Å². The van der Waals surface area contributed by atoms with Gasteiger partial charge in [0.05, 0.1) is 11.4 Å². The van der Waals surface area contributed by atoms with Crippen molar-refractivity contribution in [3.05, 3.63) is 54.1 Å². The van der Waals surface area contributed by atoms with Crippen LogP contribution in [0.3, 0.4) is 0 Å². The number of nitrogens with two attached hydrogens (primary N) is 1. The molecule has 0 heterocycles. The highest BCUT2D eigenvalue weighted by Crippen LogP contribution is 2.25. The van der Waals surface area contributed by atoms with Gasteiger partial charge in [-0.3, -0.25) is 0 Å². The fourth-order valence-corrected chi connectivity index (χ4v) is 1.99. The Hall–Kier alpha value is -2.37. The van der Waals surface area contributed by atoms with Crippen LogP contribution in [0.4, 0.5) is 24.5 Å². The monoisotopic (exact) mass is 296 g/mol. The topological polar surface area (TPSA) is 38.5 Å². The zero-order valence-corrected chi connectivity index (χ0v) is 11.4. The molecule has 0 saturated heterocycles. The van der Waals surface area contributed by atoms with Crippen LogP contribution >= 0.6 is 0 Å². The van der Waals surface area contributed by atoms with Crippen LogP contribution in [0.25, 0.3) is 0 Å². The largest absolute Gasteiger partial charge is 0.573 e. The molecule has 0 aliphatic heterocycles. The highest BCUT2D eigenvalue weighted by atomic mass is 19.4. The number of anilines is 2. The van der Waals surface area contributed by atoms with Crippen LogP contribution < -0.4 is 15.4 Å². The van der Waals surface area contributed by atoms with Crippen molar-refractivity contribution in [2.45, 2.75) is 12.9 Å². The van der Waals surface area contributed by atoms with E-state index in [4.69, 9.17) is 5.73 Å². The lowest BCUT2D eigenvalue weighted by Gasteiger charge is -2.21. The molecule has 6 heteroatoms. The minimum atomic E-state index is -4.67. The maximum atomic E-state index is 12.1. The van der Waals surface area contributed by atoms with Gasteiger partial charge in [-0.15, -0.1) is 13.2 Å². The number of rotatable bonds is 4. The molecule has 0 aliphatic carbocycles. The van der Waals surface area contributed by atoms with Gasteiger partial charge >= 0.3 is 6.36 Å². The Labute approximate surface area is 120 Å². The van der Waals surface area contributed by atoms with Crippen LogP contribution in [0.5, 0.6) is 5.75 Å². The number of nitrogen functional groups attached to an aromatic ring is 1. The number of nitrogens with zero attached hydrogens (tertiary/aromatic N) is 1. The summed E-state index contributed by atoms with van der Waals surface area (Å²) in [6.07, 6.45) is -4.67. The van der Waals surface area contributed by atoms with E-state index in [1.807, 2.05) is 30.1 Å². The van der Waals surface area contributed by atoms with E-state index in [1.165, 1.54) is 12.1 Å². The lowest BCUT2D eigenvalue weighted by atomic mass is 10.2. The molecule has 0 aromatic heterocycles. The molecule has 2 N–H and O–H groups in total. The quantitative estimate of drug-likeness (QED) is 0.872. The molecule has 0 unspecified atom stereocenters. The summed E-state index contributed by atoms with van der Waals surface area (Å²) in [6, 6.07) is 13.2. The third-order valence-electron chi connectivity index (χ3n) is 2.92. The van der Waals surface area contributed by atoms with Gasteiger partial charge < -0.3 is 15.4 Å². The van der Waals surface area contributed by atoms with Crippen molar-refractivity contribution in [3.63, 3.8) is 0 Å². The van der Waals surface area contributed by atoms with Crippen LogP contribution in [0.15, 0.2) is 48.5 Å². The van der Waals surface area contributed by atoms with Crippen molar-refractivity contribution in [3.8, 4) is 5.75 Å². The van der Waals surface area contributed by atoms with Gasteiger partial charge in [-0.1, -0.05) is 24.3 Å². The summed E-state index contributed by atoms with van der Waals surface area (Å²) < 4.78 is 40.1. The molecule has 0 aliphatic rings. The average Bonchev–Trinajstić information content (AvgIpc) is 2.40. The molecule has 0 atom stereocenters. The van der Waals surface area contributed by atoms with Gasteiger partial charge in [-0.25, -0.2) is 0 Å². The van der Waals surface area contributed by atoms with Crippen molar-refractivity contribution in [2.75, 3.05) is 17.7 Å². The molecule has 2 rings (SSSR count). The number of para-hydroxylation sites is 2. The van der Waals surface area contributed by atoms with Gasteiger partial charge in [0.15, 0.2) is 0 Å².